The van der Waals surface area contributed by atoms with E-state index in [4.69, 9.17) is 17.4 Å². The lowest BCUT2D eigenvalue weighted by Crippen LogP contribution is -2.29. The molecular weight excluding hydrogens is 271 g/mol. The molecule has 5 heteroatoms. The quantitative estimate of drug-likeness (QED) is 0.665. The van der Waals surface area contributed by atoms with E-state index in [1.54, 1.807) is 17.4 Å². The summed E-state index contributed by atoms with van der Waals surface area (Å²) in [7, 11) is 0. The van der Waals surface area contributed by atoms with Crippen LogP contribution < -0.4 is 11.3 Å². The third-order valence-corrected chi connectivity index (χ3v) is 4.15. The first kappa shape index (κ1) is 13.5. The molecule has 0 spiro atoms. The van der Waals surface area contributed by atoms with Crippen molar-refractivity contribution in [1.29, 1.82) is 0 Å². The monoisotopic (exact) mass is 284 g/mol. The number of rotatable bonds is 4. The summed E-state index contributed by atoms with van der Waals surface area (Å²) in [6.07, 6.45) is 0.560. The average molecular weight is 285 g/mol. The first-order chi connectivity index (χ1) is 8.61. The summed E-state index contributed by atoms with van der Waals surface area (Å²) in [6, 6.07) is 4.32. The highest BCUT2D eigenvalue weighted by Crippen LogP contribution is 2.27. The molecule has 18 heavy (non-hydrogen) atoms. The molecule has 0 radical (unpaired) electrons. The molecule has 0 saturated carbocycles. The highest BCUT2D eigenvalue weighted by molar-refractivity contribution is 7.08. The van der Waals surface area contributed by atoms with E-state index < -0.39 is 0 Å². The third-order valence-electron chi connectivity index (χ3n) is 2.90. The zero-order chi connectivity index (χ0) is 13.1. The van der Waals surface area contributed by atoms with Crippen LogP contribution in [0.3, 0.4) is 0 Å². The van der Waals surface area contributed by atoms with E-state index in [0.29, 0.717) is 11.4 Å². The Morgan fingerprint density at radius 2 is 2.22 bits per heavy atom. The number of hydrazine groups is 1. The molecule has 96 valence electrons. The minimum atomic E-state index is -0.285. The van der Waals surface area contributed by atoms with Crippen molar-refractivity contribution in [2.75, 3.05) is 0 Å². The van der Waals surface area contributed by atoms with E-state index >= 15 is 0 Å². The van der Waals surface area contributed by atoms with Crippen molar-refractivity contribution in [3.8, 4) is 0 Å². The van der Waals surface area contributed by atoms with Crippen LogP contribution in [0.1, 0.15) is 22.7 Å². The van der Waals surface area contributed by atoms with Crippen LogP contribution in [0.4, 0.5) is 4.39 Å². The molecule has 1 heterocycles. The van der Waals surface area contributed by atoms with Crippen molar-refractivity contribution in [3.05, 3.63) is 56.5 Å². The zero-order valence-corrected chi connectivity index (χ0v) is 11.5. The Balaban J connectivity index is 2.26. The summed E-state index contributed by atoms with van der Waals surface area (Å²) in [5.74, 6) is 5.30. The smallest absolute Gasteiger partial charge is 0.123 e. The largest absolute Gasteiger partial charge is 0.271 e. The summed E-state index contributed by atoms with van der Waals surface area (Å²) in [5, 5.41) is 4.67. The molecule has 0 aliphatic rings. The first-order valence-electron chi connectivity index (χ1n) is 5.54. The molecule has 0 aliphatic heterocycles. The van der Waals surface area contributed by atoms with Crippen molar-refractivity contribution in [2.45, 2.75) is 19.4 Å². The second-order valence-corrected chi connectivity index (χ2v) is 5.32. The second-order valence-electron chi connectivity index (χ2n) is 4.17. The predicted octanol–water partition coefficient (Wildman–Crippen LogP) is 3.60. The van der Waals surface area contributed by atoms with Gasteiger partial charge in [-0.2, -0.15) is 11.3 Å². The van der Waals surface area contributed by atoms with Gasteiger partial charge in [-0.3, -0.25) is 11.3 Å². The lowest BCUT2D eigenvalue weighted by atomic mass is 9.99. The van der Waals surface area contributed by atoms with Gasteiger partial charge in [-0.15, -0.1) is 0 Å². The van der Waals surface area contributed by atoms with E-state index in [1.807, 2.05) is 12.3 Å². The first-order valence-corrected chi connectivity index (χ1v) is 6.86. The lowest BCUT2D eigenvalue weighted by Gasteiger charge is -2.17. The van der Waals surface area contributed by atoms with Crippen molar-refractivity contribution in [3.63, 3.8) is 0 Å². The number of nitrogens with two attached hydrogens (primary N) is 1. The van der Waals surface area contributed by atoms with Gasteiger partial charge in [0.1, 0.15) is 5.82 Å². The topological polar surface area (TPSA) is 38.0 Å². The van der Waals surface area contributed by atoms with Gasteiger partial charge in [-0.05, 0) is 59.0 Å². The Morgan fingerprint density at radius 3 is 2.83 bits per heavy atom. The maximum Gasteiger partial charge on any atom is 0.123 e. The van der Waals surface area contributed by atoms with Crippen LogP contribution in [0, 0.1) is 12.7 Å². The number of halogens is 2. The van der Waals surface area contributed by atoms with E-state index in [9.17, 15) is 4.39 Å². The van der Waals surface area contributed by atoms with E-state index in [-0.39, 0.29) is 11.9 Å². The van der Waals surface area contributed by atoms with Gasteiger partial charge in [0.2, 0.25) is 0 Å². The molecule has 2 nitrogen and oxygen atoms in total. The van der Waals surface area contributed by atoms with Crippen LogP contribution in [0.15, 0.2) is 29.0 Å². The van der Waals surface area contributed by atoms with Crippen LogP contribution in [0.25, 0.3) is 0 Å². The number of hydrogen-bond acceptors (Lipinski definition) is 3. The summed E-state index contributed by atoms with van der Waals surface area (Å²) in [4.78, 5) is 0. The minimum Gasteiger partial charge on any atom is -0.271 e. The molecule has 0 amide bonds. The molecule has 1 aromatic carbocycles. The van der Waals surface area contributed by atoms with E-state index in [0.717, 1.165) is 11.1 Å². The fourth-order valence-electron chi connectivity index (χ4n) is 1.91. The standard InChI is InChI=1S/C13H14ClFN2S/c1-8-6-18-7-11(8)13(17-16)5-9-4-10(15)2-3-12(9)14/h2-4,6-7,13,17H,5,16H2,1H3. The normalized spacial score (nSPS) is 12.7. The molecule has 1 aromatic heterocycles. The van der Waals surface area contributed by atoms with Crippen LogP contribution in [-0.4, -0.2) is 0 Å². The summed E-state index contributed by atoms with van der Waals surface area (Å²) >= 11 is 7.69. The van der Waals surface area contributed by atoms with Gasteiger partial charge in [0, 0.05) is 5.02 Å². The molecule has 2 rings (SSSR count). The maximum atomic E-state index is 13.2. The number of aryl methyl sites for hydroxylation is 1. The third kappa shape index (κ3) is 2.90. The Hall–Kier alpha value is -0.940. The molecule has 0 fully saturated rings. The highest BCUT2D eigenvalue weighted by atomic mass is 35.5. The van der Waals surface area contributed by atoms with Crippen LogP contribution in [0.2, 0.25) is 5.02 Å². The number of nitrogens with one attached hydrogen (secondary N) is 1. The van der Waals surface area contributed by atoms with Crippen LogP contribution in [0.5, 0.6) is 0 Å². The Bertz CT molecular complexity index is 542. The number of hydrogen-bond donors (Lipinski definition) is 2. The molecule has 1 atom stereocenters. The average Bonchev–Trinajstić information content (AvgIpc) is 2.77. The lowest BCUT2D eigenvalue weighted by molar-refractivity contribution is 0.548. The van der Waals surface area contributed by atoms with Gasteiger partial charge in [0.15, 0.2) is 0 Å². The van der Waals surface area contributed by atoms with Crippen molar-refractivity contribution >= 4 is 22.9 Å². The zero-order valence-electron chi connectivity index (χ0n) is 9.91. The number of benzene rings is 1. The summed E-state index contributed by atoms with van der Waals surface area (Å²) < 4.78 is 13.2. The SMILES string of the molecule is Cc1cscc1C(Cc1cc(F)ccc1Cl)NN. The van der Waals surface area contributed by atoms with Gasteiger partial charge >= 0.3 is 0 Å². The molecule has 0 saturated heterocycles. The molecular formula is C13H14ClFN2S. The molecule has 0 aliphatic carbocycles. The van der Waals surface area contributed by atoms with Crippen molar-refractivity contribution in [2.24, 2.45) is 5.84 Å². The van der Waals surface area contributed by atoms with Gasteiger partial charge in [-0.1, -0.05) is 11.6 Å². The van der Waals surface area contributed by atoms with Crippen molar-refractivity contribution < 1.29 is 4.39 Å². The minimum absolute atomic E-state index is 0.0597. The Labute approximate surface area is 115 Å². The summed E-state index contributed by atoms with van der Waals surface area (Å²) in [5.41, 5.74) is 5.82. The summed E-state index contributed by atoms with van der Waals surface area (Å²) in [6.45, 7) is 2.03. The second kappa shape index (κ2) is 5.80. The molecule has 2 aromatic rings. The fraction of sp³-hybridized carbons (Fsp3) is 0.231. The number of thiophene rings is 1. The van der Waals surface area contributed by atoms with Gasteiger partial charge in [0.25, 0.3) is 0 Å². The molecule has 3 N–H and O–H groups in total. The van der Waals surface area contributed by atoms with Gasteiger partial charge in [-0.25, -0.2) is 4.39 Å². The Kier molecular flexibility index (Phi) is 4.35. The van der Waals surface area contributed by atoms with Gasteiger partial charge < -0.3 is 0 Å². The van der Waals surface area contributed by atoms with Crippen molar-refractivity contribution in [1.82, 2.24) is 5.43 Å². The maximum absolute atomic E-state index is 13.2. The van der Waals surface area contributed by atoms with Crippen LogP contribution in [-0.2, 0) is 6.42 Å². The van der Waals surface area contributed by atoms with Gasteiger partial charge in [0.05, 0.1) is 6.04 Å². The predicted molar refractivity (Wildman–Crippen MR) is 74.2 cm³/mol. The Morgan fingerprint density at radius 1 is 1.44 bits per heavy atom. The molecule has 0 bridgehead atoms. The highest BCUT2D eigenvalue weighted by Gasteiger charge is 2.15. The fourth-order valence-corrected chi connectivity index (χ4v) is 3.01. The van der Waals surface area contributed by atoms with Crippen LogP contribution >= 0.6 is 22.9 Å². The van der Waals surface area contributed by atoms with E-state index in [2.05, 4.69) is 10.8 Å². The molecule has 1 unspecified atom stereocenters. The van der Waals surface area contributed by atoms with E-state index in [1.165, 1.54) is 17.7 Å².